The molecule has 1 aliphatic heterocycles. The first-order valence-corrected chi connectivity index (χ1v) is 14.0. The molecule has 1 aromatic carbocycles. The summed E-state index contributed by atoms with van der Waals surface area (Å²) in [5.74, 6) is 1.11. The van der Waals surface area contributed by atoms with Crippen molar-refractivity contribution < 1.29 is 4.79 Å². The predicted molar refractivity (Wildman–Crippen MR) is 149 cm³/mol. The van der Waals surface area contributed by atoms with E-state index in [-0.39, 0.29) is 11.8 Å². The number of nitrogens with two attached hydrogens (primary N) is 1. The van der Waals surface area contributed by atoms with E-state index in [1.807, 2.05) is 49.4 Å². The molecule has 0 unspecified atom stereocenters. The van der Waals surface area contributed by atoms with Crippen LogP contribution >= 0.6 is 22.7 Å². The number of primary amides is 1. The second-order valence-electron chi connectivity index (χ2n) is 9.57. The number of nitrogens with one attached hydrogen (secondary N) is 1. The number of benzene rings is 1. The van der Waals surface area contributed by atoms with Gasteiger partial charge in [0.05, 0.1) is 12.1 Å². The third-order valence-corrected chi connectivity index (χ3v) is 8.69. The number of nitrogens with zero attached hydrogens (tertiary/aromatic N) is 4. The summed E-state index contributed by atoms with van der Waals surface area (Å²) in [6, 6.07) is 16.2. The van der Waals surface area contributed by atoms with E-state index in [1.54, 1.807) is 11.3 Å². The third-order valence-electron chi connectivity index (χ3n) is 6.55. The molecule has 3 aromatic heterocycles. The van der Waals surface area contributed by atoms with E-state index in [0.29, 0.717) is 12.4 Å². The molecule has 4 aromatic rings. The van der Waals surface area contributed by atoms with Gasteiger partial charge in [-0.15, -0.1) is 22.7 Å². The van der Waals surface area contributed by atoms with Gasteiger partial charge in [0.15, 0.2) is 0 Å². The summed E-state index contributed by atoms with van der Waals surface area (Å²) in [6.07, 6.45) is 0. The Bertz CT molecular complexity index is 1310. The number of fused-ring (bicyclic) bond motifs is 1. The second kappa shape index (κ2) is 11.0. The number of hydrogen-bond donors (Lipinski definition) is 2. The van der Waals surface area contributed by atoms with E-state index in [4.69, 9.17) is 15.7 Å². The maximum absolute atomic E-state index is 12.0. The summed E-state index contributed by atoms with van der Waals surface area (Å²) in [5, 5.41) is 6.32. The van der Waals surface area contributed by atoms with E-state index in [1.165, 1.54) is 14.6 Å². The van der Waals surface area contributed by atoms with Crippen molar-refractivity contribution in [2.45, 2.75) is 33.0 Å². The van der Waals surface area contributed by atoms with E-state index in [2.05, 4.69) is 44.8 Å². The van der Waals surface area contributed by atoms with Crippen molar-refractivity contribution in [1.29, 1.82) is 0 Å². The Labute approximate surface area is 220 Å². The molecule has 7 nitrogen and oxygen atoms in total. The maximum Gasteiger partial charge on any atom is 0.240 e. The predicted octanol–water partition coefficient (Wildman–Crippen LogP) is 4.66. The average molecular weight is 521 g/mol. The zero-order valence-electron chi connectivity index (χ0n) is 20.7. The van der Waals surface area contributed by atoms with E-state index in [9.17, 15) is 4.79 Å². The molecule has 0 aliphatic carbocycles. The number of carbonyl (C=O) groups excluding carboxylic acids is 1. The van der Waals surface area contributed by atoms with Crippen LogP contribution in [0.3, 0.4) is 0 Å². The molecule has 1 aliphatic rings. The fraction of sp³-hybridized carbons (Fsp3) is 0.370. The van der Waals surface area contributed by atoms with Gasteiger partial charge in [0.25, 0.3) is 0 Å². The Morgan fingerprint density at radius 1 is 0.972 bits per heavy atom. The van der Waals surface area contributed by atoms with Crippen LogP contribution in [0.2, 0.25) is 0 Å². The van der Waals surface area contributed by atoms with Gasteiger partial charge in [-0.25, -0.2) is 9.97 Å². The summed E-state index contributed by atoms with van der Waals surface area (Å²) in [4.78, 5) is 30.7. The lowest BCUT2D eigenvalue weighted by atomic mass is 10.0. The van der Waals surface area contributed by atoms with Gasteiger partial charge in [-0.05, 0) is 41.6 Å². The summed E-state index contributed by atoms with van der Waals surface area (Å²) in [6.45, 7) is 9.60. The molecule has 5 rings (SSSR count). The highest BCUT2D eigenvalue weighted by Crippen LogP contribution is 2.32. The Hall–Kier alpha value is -2.85. The number of para-hydroxylation sites is 1. The van der Waals surface area contributed by atoms with Gasteiger partial charge in [-0.2, -0.15) is 0 Å². The van der Waals surface area contributed by atoms with Crippen molar-refractivity contribution in [3.05, 3.63) is 64.6 Å². The van der Waals surface area contributed by atoms with Gasteiger partial charge < -0.3 is 11.1 Å². The number of carbonyl (C=O) groups is 1. The minimum Gasteiger partial charge on any atom is -0.368 e. The van der Waals surface area contributed by atoms with E-state index < -0.39 is 6.04 Å². The minimum absolute atomic E-state index is 0.0532. The van der Waals surface area contributed by atoms with Crippen LogP contribution in [-0.2, 0) is 17.9 Å². The van der Waals surface area contributed by atoms with Gasteiger partial charge in [0.1, 0.15) is 17.7 Å². The highest BCUT2D eigenvalue weighted by molar-refractivity contribution is 7.21. The van der Waals surface area contributed by atoms with Gasteiger partial charge in [0.2, 0.25) is 5.91 Å². The molecule has 4 heterocycles. The first kappa shape index (κ1) is 24.8. The second-order valence-corrected chi connectivity index (χ2v) is 11.7. The molecule has 1 atom stereocenters. The van der Waals surface area contributed by atoms with Crippen molar-refractivity contribution in [3.8, 4) is 9.75 Å². The van der Waals surface area contributed by atoms with Crippen LogP contribution in [0.1, 0.15) is 24.5 Å². The summed E-state index contributed by atoms with van der Waals surface area (Å²) < 4.78 is 0. The molecule has 0 spiro atoms. The Morgan fingerprint density at radius 2 is 1.72 bits per heavy atom. The molecule has 1 fully saturated rings. The Balaban J connectivity index is 1.23. The standard InChI is InChI=1S/C27H32N6OS2/c1-18(2)25(26(28)34)31-27-20-6-3-4-7-21(20)29-24(30-27)17-33-13-11-32(12-14-33)16-19-9-10-23(36-19)22-8-5-15-35-22/h3-10,15,18,25H,11-14,16-17H2,1-2H3,(H2,28,34)(H,29,30,31)/t25-/m0/s1. The topological polar surface area (TPSA) is 87.4 Å². The van der Waals surface area contributed by atoms with Crippen molar-refractivity contribution >= 4 is 45.3 Å². The molecular weight excluding hydrogens is 488 g/mol. The normalized spacial score (nSPS) is 16.0. The van der Waals surface area contributed by atoms with Crippen LogP contribution in [0.25, 0.3) is 20.7 Å². The Kier molecular flexibility index (Phi) is 7.62. The van der Waals surface area contributed by atoms with Crippen LogP contribution in [-0.4, -0.2) is 57.9 Å². The third kappa shape index (κ3) is 5.75. The highest BCUT2D eigenvalue weighted by Gasteiger charge is 2.23. The summed E-state index contributed by atoms with van der Waals surface area (Å²) in [7, 11) is 0. The van der Waals surface area contributed by atoms with Crippen molar-refractivity contribution in [2.24, 2.45) is 11.7 Å². The average Bonchev–Trinajstić information content (AvgIpc) is 3.55. The molecule has 36 heavy (non-hydrogen) atoms. The summed E-state index contributed by atoms with van der Waals surface area (Å²) >= 11 is 3.69. The number of thiophene rings is 2. The summed E-state index contributed by atoms with van der Waals surface area (Å²) in [5.41, 5.74) is 6.52. The van der Waals surface area contributed by atoms with E-state index in [0.717, 1.165) is 49.5 Å². The molecule has 0 radical (unpaired) electrons. The van der Waals surface area contributed by atoms with Crippen molar-refractivity contribution in [2.75, 3.05) is 31.5 Å². The van der Waals surface area contributed by atoms with Gasteiger partial charge in [0, 0.05) is 52.7 Å². The molecule has 1 saturated heterocycles. The van der Waals surface area contributed by atoms with Crippen molar-refractivity contribution in [1.82, 2.24) is 19.8 Å². The van der Waals surface area contributed by atoms with Crippen LogP contribution in [0.15, 0.2) is 53.9 Å². The lowest BCUT2D eigenvalue weighted by Gasteiger charge is -2.34. The lowest BCUT2D eigenvalue weighted by molar-refractivity contribution is -0.119. The van der Waals surface area contributed by atoms with E-state index >= 15 is 0 Å². The van der Waals surface area contributed by atoms with Gasteiger partial charge >= 0.3 is 0 Å². The molecular formula is C27H32N6OS2. The fourth-order valence-electron chi connectivity index (χ4n) is 4.56. The zero-order valence-corrected chi connectivity index (χ0v) is 22.3. The van der Waals surface area contributed by atoms with Crippen LogP contribution in [0.4, 0.5) is 5.82 Å². The Morgan fingerprint density at radius 3 is 2.42 bits per heavy atom. The highest BCUT2D eigenvalue weighted by atomic mass is 32.1. The minimum atomic E-state index is -0.489. The number of rotatable bonds is 9. The molecule has 188 valence electrons. The van der Waals surface area contributed by atoms with Gasteiger partial charge in [-0.3, -0.25) is 14.6 Å². The molecule has 0 bridgehead atoms. The molecule has 0 saturated carbocycles. The van der Waals surface area contributed by atoms with Crippen molar-refractivity contribution in [3.63, 3.8) is 0 Å². The number of piperazine rings is 1. The molecule has 1 amide bonds. The monoisotopic (exact) mass is 520 g/mol. The van der Waals surface area contributed by atoms with Gasteiger partial charge in [-0.1, -0.05) is 32.0 Å². The molecule has 9 heteroatoms. The number of anilines is 1. The molecule has 3 N–H and O–H groups in total. The number of aromatic nitrogens is 2. The fourth-order valence-corrected chi connectivity index (χ4v) is 6.44. The van der Waals surface area contributed by atoms with Crippen LogP contribution in [0, 0.1) is 5.92 Å². The largest absolute Gasteiger partial charge is 0.368 e. The van der Waals surface area contributed by atoms with Crippen LogP contribution < -0.4 is 11.1 Å². The van der Waals surface area contributed by atoms with Crippen LogP contribution in [0.5, 0.6) is 0 Å². The lowest BCUT2D eigenvalue weighted by Crippen LogP contribution is -2.45. The number of amides is 1. The smallest absolute Gasteiger partial charge is 0.240 e. The number of hydrogen-bond acceptors (Lipinski definition) is 8. The first-order chi connectivity index (χ1) is 17.5. The quantitative estimate of drug-likeness (QED) is 0.334. The zero-order chi connectivity index (χ0) is 25.1. The first-order valence-electron chi connectivity index (χ1n) is 12.3. The maximum atomic E-state index is 12.0. The SMILES string of the molecule is CC(C)[C@H](Nc1nc(CN2CCN(Cc3ccc(-c4cccs4)s3)CC2)nc2ccccc12)C(N)=O.